The first-order valence-corrected chi connectivity index (χ1v) is 4.70. The molecule has 0 saturated heterocycles. The Hall–Kier alpha value is 1.66. The molecule has 0 saturated carbocycles. The Morgan fingerprint density at radius 3 is 0.308 bits per heavy atom. The zero-order valence-electron chi connectivity index (χ0n) is 11.4. The first-order valence-electron chi connectivity index (χ1n) is 1.57. The molecule has 0 fully saturated rings. The molecule has 0 bridgehead atoms. The molecule has 0 aromatic carbocycles. The topological polar surface area (TPSA) is 597 Å². The van der Waals surface area contributed by atoms with E-state index in [2.05, 4.69) is 0 Å². The zero-order valence-corrected chi connectivity index (χ0v) is 13.2. The maximum atomic E-state index is 8.88. The number of hydrogen-bond donors (Lipinski definition) is 6. The van der Waals surface area contributed by atoms with E-state index < -0.39 is 15.6 Å². The summed E-state index contributed by atoms with van der Waals surface area (Å²) in [6.07, 6.45) is 0. The third-order valence-electron chi connectivity index (χ3n) is 0. The van der Waals surface area contributed by atoms with Crippen molar-refractivity contribution in [2.24, 2.45) is 0 Å². The van der Waals surface area contributed by atoms with E-state index in [0.29, 0.717) is 0 Å². The second-order valence-corrected chi connectivity index (χ2v) is 3.08. The Bertz CT molecular complexity index is 132. The summed E-state index contributed by atoms with van der Waals surface area (Å²) in [5, 5.41) is 0. The quantitative estimate of drug-likeness (QED) is 0.138. The van der Waals surface area contributed by atoms with Gasteiger partial charge in [-0.25, -0.2) is 9.13 Å². The van der Waals surface area contributed by atoms with Gasteiger partial charge in [-0.3, -0.25) is 0 Å². The minimum absolute atomic E-state index is 0. The Labute approximate surface area is 189 Å². The molecule has 0 atom stereocenters. The Balaban J connectivity index is -0.00000000190. The van der Waals surface area contributed by atoms with Crippen LogP contribution >= 0.6 is 15.6 Å². The molecular formula is H36Na2O22P2. The molecule has 22 nitrogen and oxygen atoms in total. The van der Waals surface area contributed by atoms with Crippen molar-refractivity contribution in [2.75, 3.05) is 0 Å². The van der Waals surface area contributed by atoms with Gasteiger partial charge in [0, 0.05) is 0 Å². The fraction of sp³-hybridized carbons (Fsp3) is 0. The summed E-state index contributed by atoms with van der Waals surface area (Å²) in [6.45, 7) is 0. The zero-order chi connectivity index (χ0) is 9.00. The van der Waals surface area contributed by atoms with Crippen LogP contribution in [0.25, 0.3) is 0 Å². The van der Waals surface area contributed by atoms with Gasteiger partial charge < -0.3 is 106 Å². The van der Waals surface area contributed by atoms with Gasteiger partial charge in [0.25, 0.3) is 0 Å². The van der Waals surface area contributed by atoms with E-state index in [1.807, 2.05) is 0 Å². The summed E-state index contributed by atoms with van der Waals surface area (Å²) in [5.41, 5.74) is 0. The Kier molecular flexibility index (Phi) is 762. The van der Waals surface area contributed by atoms with Crippen molar-refractivity contribution in [1.82, 2.24) is 0 Å². The summed E-state index contributed by atoms with van der Waals surface area (Å²) in [6, 6.07) is 0. The van der Waals surface area contributed by atoms with Crippen LogP contribution in [0.2, 0.25) is 0 Å². The van der Waals surface area contributed by atoms with Gasteiger partial charge in [0.2, 0.25) is 0 Å². The van der Waals surface area contributed by atoms with Crippen molar-refractivity contribution >= 4 is 74.8 Å². The van der Waals surface area contributed by atoms with Crippen LogP contribution in [0.15, 0.2) is 0 Å². The third kappa shape index (κ3) is 5660. The standard InChI is InChI=1S/2Na.2H3O4P.14H2O.2H/c;;2*1-5(2,3)4;;;;;;;;;;;;;;;;/h;;2*(H3,1,2,3,4);14*1H2;;. The molecular weight excluding hydrogens is 460 g/mol. The van der Waals surface area contributed by atoms with Crippen molar-refractivity contribution in [3.63, 3.8) is 0 Å². The summed E-state index contributed by atoms with van der Waals surface area (Å²) in [7, 11) is -9.28. The number of phosphoric acid groups is 2. The van der Waals surface area contributed by atoms with Crippen molar-refractivity contribution in [3.05, 3.63) is 0 Å². The SMILES string of the molecule is O.O.O.O.O.O.O.O.O.O.O.O.O.O.O=P(O)(O)O.O=P(O)(O)O.[NaH].[NaH]. The van der Waals surface area contributed by atoms with Crippen molar-refractivity contribution in [1.29, 1.82) is 0 Å². The molecule has 0 heterocycles. The minimum atomic E-state index is -4.64. The van der Waals surface area contributed by atoms with E-state index in [1.54, 1.807) is 0 Å². The van der Waals surface area contributed by atoms with Crippen LogP contribution in [0.3, 0.4) is 0 Å². The average molecular weight is 496 g/mol. The predicted octanol–water partition coefficient (Wildman–Crippen LogP) is -14.7. The molecule has 0 aromatic rings. The van der Waals surface area contributed by atoms with Gasteiger partial charge in [-0.05, 0) is 0 Å². The second kappa shape index (κ2) is 94.1. The summed E-state index contributed by atoms with van der Waals surface area (Å²) >= 11 is 0. The van der Waals surface area contributed by atoms with Crippen LogP contribution in [0.1, 0.15) is 0 Å². The van der Waals surface area contributed by atoms with Crippen LogP contribution in [0.5, 0.6) is 0 Å². The summed E-state index contributed by atoms with van der Waals surface area (Å²) in [4.78, 5) is 43.1. The summed E-state index contributed by atoms with van der Waals surface area (Å²) in [5.74, 6) is 0. The average Bonchev–Trinajstić information content (AvgIpc) is 1.12. The molecule has 26 heteroatoms. The predicted molar refractivity (Wildman–Crippen MR) is 93.4 cm³/mol. The van der Waals surface area contributed by atoms with E-state index in [1.165, 1.54) is 0 Å². The molecule has 0 aliphatic rings. The molecule has 0 aliphatic carbocycles. The van der Waals surface area contributed by atoms with Crippen molar-refractivity contribution < 1.29 is 115 Å². The third-order valence-corrected chi connectivity index (χ3v) is 0. The van der Waals surface area contributed by atoms with Crippen LogP contribution in [-0.2, 0) is 9.13 Å². The van der Waals surface area contributed by atoms with Gasteiger partial charge in [0.05, 0.1) is 0 Å². The van der Waals surface area contributed by atoms with Crippen LogP contribution in [0, 0.1) is 0 Å². The summed E-state index contributed by atoms with van der Waals surface area (Å²) < 4.78 is 17.8. The van der Waals surface area contributed by atoms with E-state index in [0.717, 1.165) is 0 Å². The van der Waals surface area contributed by atoms with E-state index in [4.69, 9.17) is 38.5 Å². The molecule has 0 radical (unpaired) electrons. The fourth-order valence-electron chi connectivity index (χ4n) is 0. The molecule has 0 aliphatic heterocycles. The van der Waals surface area contributed by atoms with Gasteiger partial charge in [-0.15, -0.1) is 0 Å². The number of rotatable bonds is 0. The molecule has 0 amide bonds. The second-order valence-electron chi connectivity index (χ2n) is 1.03. The van der Waals surface area contributed by atoms with Crippen LogP contribution in [0.4, 0.5) is 0 Å². The van der Waals surface area contributed by atoms with Crippen LogP contribution in [-0.4, -0.2) is 165 Å². The monoisotopic (exact) mass is 496 g/mol. The van der Waals surface area contributed by atoms with Gasteiger partial charge in [0.1, 0.15) is 0 Å². The molecule has 26 heavy (non-hydrogen) atoms. The van der Waals surface area contributed by atoms with E-state index in [9.17, 15) is 0 Å². The first-order chi connectivity index (χ1) is 4.00. The van der Waals surface area contributed by atoms with Gasteiger partial charge in [-0.1, -0.05) is 0 Å². The van der Waals surface area contributed by atoms with Gasteiger partial charge >= 0.3 is 74.8 Å². The first kappa shape index (κ1) is 211. The van der Waals surface area contributed by atoms with Crippen LogP contribution < -0.4 is 0 Å². The number of hydrogen-bond acceptors (Lipinski definition) is 2. The molecule has 0 aromatic heterocycles. The van der Waals surface area contributed by atoms with E-state index in [-0.39, 0.29) is 136 Å². The van der Waals surface area contributed by atoms with Gasteiger partial charge in [0.15, 0.2) is 0 Å². The fourth-order valence-corrected chi connectivity index (χ4v) is 0. The Morgan fingerprint density at radius 2 is 0.308 bits per heavy atom. The Morgan fingerprint density at radius 1 is 0.308 bits per heavy atom. The molecule has 0 spiro atoms. The molecule has 34 N–H and O–H groups in total. The molecule has 0 rings (SSSR count). The van der Waals surface area contributed by atoms with Gasteiger partial charge in [-0.2, -0.15) is 0 Å². The van der Waals surface area contributed by atoms with E-state index >= 15 is 0 Å². The van der Waals surface area contributed by atoms with Crippen molar-refractivity contribution in [2.45, 2.75) is 0 Å². The maximum absolute atomic E-state index is 8.88. The van der Waals surface area contributed by atoms with Crippen molar-refractivity contribution in [3.8, 4) is 0 Å². The normalized spacial score (nSPS) is 4.54. The molecule has 0 unspecified atom stereocenters. The molecule has 180 valence electrons.